The van der Waals surface area contributed by atoms with Gasteiger partial charge in [-0.3, -0.25) is 0 Å². The molecule has 0 aromatic rings. The van der Waals surface area contributed by atoms with Crippen molar-refractivity contribution >= 4 is 0 Å². The number of hydrogen-bond acceptors (Lipinski definition) is 0. The van der Waals surface area contributed by atoms with Gasteiger partial charge in [-0.2, -0.15) is 13.2 Å². The van der Waals surface area contributed by atoms with Gasteiger partial charge in [0, 0.05) is 0 Å². The van der Waals surface area contributed by atoms with E-state index in [-0.39, 0.29) is 5.92 Å². The molecule has 0 aliphatic heterocycles. The van der Waals surface area contributed by atoms with Gasteiger partial charge in [0.1, 0.15) is 0 Å². The maximum absolute atomic E-state index is 12.0. The van der Waals surface area contributed by atoms with Crippen molar-refractivity contribution in [3.63, 3.8) is 0 Å². The molecule has 0 spiro atoms. The van der Waals surface area contributed by atoms with E-state index in [0.717, 1.165) is 12.8 Å². The molecule has 1 aliphatic rings. The molecule has 1 fully saturated rings. The monoisotopic (exact) mass is 165 g/mol. The first-order chi connectivity index (χ1) is 5.02. The second kappa shape index (κ2) is 3.03. The molecular formula is C8H12F3. The van der Waals surface area contributed by atoms with E-state index < -0.39 is 12.1 Å². The predicted molar refractivity (Wildman–Crippen MR) is 36.9 cm³/mol. The summed E-state index contributed by atoms with van der Waals surface area (Å²) in [6.45, 7) is 3.17. The summed E-state index contributed by atoms with van der Waals surface area (Å²) in [5.74, 6) is -1.56. The van der Waals surface area contributed by atoms with Crippen molar-refractivity contribution in [1.82, 2.24) is 0 Å². The highest BCUT2D eigenvalue weighted by Crippen LogP contribution is 2.39. The largest absolute Gasteiger partial charge is 0.392 e. The summed E-state index contributed by atoms with van der Waals surface area (Å²) in [5, 5.41) is 0. The van der Waals surface area contributed by atoms with Crippen molar-refractivity contribution < 1.29 is 13.2 Å². The average molecular weight is 165 g/mol. The highest BCUT2D eigenvalue weighted by molar-refractivity contribution is 4.81. The molecule has 11 heavy (non-hydrogen) atoms. The molecule has 1 radical (unpaired) electrons. The van der Waals surface area contributed by atoms with Gasteiger partial charge in [0.15, 0.2) is 0 Å². The Balaban J connectivity index is 2.46. The zero-order valence-electron chi connectivity index (χ0n) is 6.32. The van der Waals surface area contributed by atoms with Crippen molar-refractivity contribution in [2.75, 3.05) is 0 Å². The van der Waals surface area contributed by atoms with Crippen LogP contribution in [0.3, 0.4) is 0 Å². The molecule has 1 unspecified atom stereocenters. The molecular weight excluding hydrogens is 153 g/mol. The lowest BCUT2D eigenvalue weighted by atomic mass is 9.92. The Morgan fingerprint density at radius 1 is 1.18 bits per heavy atom. The third-order valence-corrected chi connectivity index (χ3v) is 2.39. The molecule has 0 bridgehead atoms. The van der Waals surface area contributed by atoms with Gasteiger partial charge in [-0.25, -0.2) is 0 Å². The van der Waals surface area contributed by atoms with Gasteiger partial charge < -0.3 is 0 Å². The van der Waals surface area contributed by atoms with E-state index in [1.807, 2.05) is 0 Å². The van der Waals surface area contributed by atoms with Crippen LogP contribution in [0.2, 0.25) is 0 Å². The van der Waals surface area contributed by atoms with Gasteiger partial charge in [0.05, 0.1) is 5.92 Å². The van der Waals surface area contributed by atoms with E-state index in [1.54, 1.807) is 0 Å². The normalized spacial score (nSPS) is 24.0. The minimum Gasteiger partial charge on any atom is -0.171 e. The van der Waals surface area contributed by atoms with Crippen LogP contribution in [0.15, 0.2) is 0 Å². The molecule has 0 aromatic carbocycles. The Morgan fingerprint density at radius 3 is 2.00 bits per heavy atom. The number of alkyl halides is 3. The Morgan fingerprint density at radius 2 is 1.64 bits per heavy atom. The van der Waals surface area contributed by atoms with E-state index in [2.05, 4.69) is 6.92 Å². The zero-order chi connectivity index (χ0) is 8.48. The number of hydrogen-bond donors (Lipinski definition) is 0. The van der Waals surface area contributed by atoms with Crippen LogP contribution < -0.4 is 0 Å². The van der Waals surface area contributed by atoms with Crippen LogP contribution in [-0.2, 0) is 0 Å². The summed E-state index contributed by atoms with van der Waals surface area (Å²) in [7, 11) is 0. The molecule has 0 nitrogen and oxygen atoms in total. The maximum Gasteiger partial charge on any atom is 0.392 e. The molecule has 1 saturated carbocycles. The smallest absolute Gasteiger partial charge is 0.171 e. The fourth-order valence-electron chi connectivity index (χ4n) is 1.63. The fraction of sp³-hybridized carbons (Fsp3) is 0.875. The molecule has 1 aliphatic carbocycles. The van der Waals surface area contributed by atoms with Gasteiger partial charge >= 0.3 is 6.18 Å². The fourth-order valence-corrected chi connectivity index (χ4v) is 1.63. The molecule has 0 amide bonds. The summed E-state index contributed by atoms with van der Waals surface area (Å²) in [4.78, 5) is 0. The van der Waals surface area contributed by atoms with Crippen LogP contribution in [0.1, 0.15) is 25.7 Å². The minimum atomic E-state index is -4.09. The van der Waals surface area contributed by atoms with E-state index in [1.165, 1.54) is 0 Å². The van der Waals surface area contributed by atoms with Crippen molar-refractivity contribution in [2.24, 2.45) is 11.8 Å². The second-order valence-corrected chi connectivity index (χ2v) is 3.19. The zero-order valence-corrected chi connectivity index (χ0v) is 6.32. The van der Waals surface area contributed by atoms with Gasteiger partial charge in [0.2, 0.25) is 0 Å². The molecule has 0 heterocycles. The van der Waals surface area contributed by atoms with Gasteiger partial charge in [0.25, 0.3) is 0 Å². The van der Waals surface area contributed by atoms with Crippen LogP contribution in [0.4, 0.5) is 13.2 Å². The van der Waals surface area contributed by atoms with Gasteiger partial charge in [-0.1, -0.05) is 12.8 Å². The number of rotatable bonds is 1. The highest BCUT2D eigenvalue weighted by atomic mass is 19.4. The van der Waals surface area contributed by atoms with Gasteiger partial charge in [-0.05, 0) is 25.7 Å². The minimum absolute atomic E-state index is 0.213. The Hall–Kier alpha value is -0.210. The first-order valence-corrected chi connectivity index (χ1v) is 3.91. The molecule has 0 N–H and O–H groups in total. The summed E-state index contributed by atoms with van der Waals surface area (Å²) in [5.41, 5.74) is 0. The average Bonchev–Trinajstić information content (AvgIpc) is 2.34. The summed E-state index contributed by atoms with van der Waals surface area (Å²) in [6.07, 6.45) is -0.810. The first kappa shape index (κ1) is 8.88. The standard InChI is InChI=1S/C8H12F3/c1-6(8(9,10)11)7-4-2-3-5-7/h6-7H,1-5H2. The van der Waals surface area contributed by atoms with Crippen LogP contribution >= 0.6 is 0 Å². The van der Waals surface area contributed by atoms with Gasteiger partial charge in [-0.15, -0.1) is 0 Å². The van der Waals surface area contributed by atoms with Crippen molar-refractivity contribution in [3.8, 4) is 0 Å². The molecule has 1 rings (SSSR count). The van der Waals surface area contributed by atoms with Crippen LogP contribution in [0.25, 0.3) is 0 Å². The van der Waals surface area contributed by atoms with Crippen molar-refractivity contribution in [1.29, 1.82) is 0 Å². The molecule has 0 aromatic heterocycles. The SMILES string of the molecule is [CH2]C(C1CCCC1)C(F)(F)F. The maximum atomic E-state index is 12.0. The third kappa shape index (κ3) is 2.11. The van der Waals surface area contributed by atoms with Crippen molar-refractivity contribution in [3.05, 3.63) is 6.92 Å². The second-order valence-electron chi connectivity index (χ2n) is 3.19. The van der Waals surface area contributed by atoms with E-state index >= 15 is 0 Å². The van der Waals surface area contributed by atoms with Crippen molar-refractivity contribution in [2.45, 2.75) is 31.9 Å². The third-order valence-electron chi connectivity index (χ3n) is 2.39. The Labute approximate surface area is 64.8 Å². The molecule has 3 heteroatoms. The molecule has 1 atom stereocenters. The Kier molecular flexibility index (Phi) is 2.45. The van der Waals surface area contributed by atoms with E-state index in [4.69, 9.17) is 0 Å². The van der Waals surface area contributed by atoms with E-state index in [9.17, 15) is 13.2 Å². The lowest BCUT2D eigenvalue weighted by Gasteiger charge is -2.21. The molecule has 65 valence electrons. The Bertz CT molecular complexity index is 122. The first-order valence-electron chi connectivity index (χ1n) is 3.91. The summed E-state index contributed by atoms with van der Waals surface area (Å²) < 4.78 is 36.1. The van der Waals surface area contributed by atoms with Crippen LogP contribution in [0.5, 0.6) is 0 Å². The van der Waals surface area contributed by atoms with Crippen LogP contribution in [0, 0.1) is 18.8 Å². The summed E-state index contributed by atoms with van der Waals surface area (Å²) >= 11 is 0. The van der Waals surface area contributed by atoms with Crippen LogP contribution in [-0.4, -0.2) is 6.18 Å². The molecule has 0 saturated heterocycles. The lowest BCUT2D eigenvalue weighted by Crippen LogP contribution is -2.26. The topological polar surface area (TPSA) is 0 Å². The lowest BCUT2D eigenvalue weighted by molar-refractivity contribution is -0.174. The summed E-state index contributed by atoms with van der Waals surface area (Å²) in [6, 6.07) is 0. The predicted octanol–water partition coefficient (Wildman–Crippen LogP) is 3.19. The quantitative estimate of drug-likeness (QED) is 0.559. The van der Waals surface area contributed by atoms with E-state index in [0.29, 0.717) is 12.8 Å². The number of halogens is 3. The highest BCUT2D eigenvalue weighted by Gasteiger charge is 2.41.